The van der Waals surface area contributed by atoms with Crippen molar-refractivity contribution in [2.75, 3.05) is 0 Å². The quantitative estimate of drug-likeness (QED) is 0.243. The molecule has 0 saturated heterocycles. The highest BCUT2D eigenvalue weighted by molar-refractivity contribution is 5.71. The maximum absolute atomic E-state index is 10.0. The van der Waals surface area contributed by atoms with Gasteiger partial charge in [-0.3, -0.25) is 4.79 Å². The smallest absolute Gasteiger partial charge is 0.145 e. The monoisotopic (exact) mass is 124 g/mol. The Bertz CT molecular complexity index is 123. The molecule has 1 nitrogen and oxygen atoms in total. The maximum atomic E-state index is 10.0. The Labute approximate surface area is 56.1 Å². The van der Waals surface area contributed by atoms with Gasteiger partial charge in [-0.2, -0.15) is 0 Å². The van der Waals surface area contributed by atoms with E-state index in [4.69, 9.17) is 0 Å². The van der Waals surface area contributed by atoms with Crippen molar-refractivity contribution in [3.05, 3.63) is 24.3 Å². The molecule has 50 valence electrons. The van der Waals surface area contributed by atoms with E-state index < -0.39 is 0 Å². The zero-order valence-corrected chi connectivity index (χ0v) is 5.76. The summed E-state index contributed by atoms with van der Waals surface area (Å²) in [6.45, 7) is 5.37. The molecule has 0 spiro atoms. The molecule has 0 N–H and O–H groups in total. The van der Waals surface area contributed by atoms with Gasteiger partial charge in [-0.15, -0.1) is 6.58 Å². The second kappa shape index (κ2) is 5.29. The third kappa shape index (κ3) is 5.01. The Morgan fingerprint density at radius 2 is 2.22 bits per heavy atom. The van der Waals surface area contributed by atoms with E-state index in [9.17, 15) is 4.79 Å². The molecule has 0 heterocycles. The molecule has 0 saturated carbocycles. The Kier molecular flexibility index (Phi) is 4.79. The van der Waals surface area contributed by atoms with Crippen molar-refractivity contribution in [2.24, 2.45) is 0 Å². The topological polar surface area (TPSA) is 17.1 Å². The summed E-state index contributed by atoms with van der Waals surface area (Å²) in [6, 6.07) is 0. The number of rotatable bonds is 4. The summed E-state index contributed by atoms with van der Waals surface area (Å²) in [4.78, 5) is 10.0. The van der Waals surface area contributed by atoms with Crippen LogP contribution in [0.15, 0.2) is 24.3 Å². The molecule has 9 heavy (non-hydrogen) atoms. The lowest BCUT2D eigenvalue weighted by Crippen LogP contribution is -1.74. The van der Waals surface area contributed by atoms with E-state index in [0.29, 0.717) is 0 Å². The summed E-state index contributed by atoms with van der Waals surface area (Å²) < 4.78 is 0. The van der Waals surface area contributed by atoms with Crippen LogP contribution in [0.4, 0.5) is 0 Å². The third-order valence-corrected chi connectivity index (χ3v) is 1.02. The van der Waals surface area contributed by atoms with Crippen molar-refractivity contribution in [3.8, 4) is 0 Å². The summed E-state index contributed by atoms with van der Waals surface area (Å²) in [5, 5.41) is 0. The zero-order valence-electron chi connectivity index (χ0n) is 5.76. The van der Waals surface area contributed by atoms with E-state index in [0.717, 1.165) is 24.7 Å². The minimum absolute atomic E-state index is 0.803. The van der Waals surface area contributed by atoms with Crippen LogP contribution in [0.3, 0.4) is 0 Å². The van der Waals surface area contributed by atoms with Crippen molar-refractivity contribution >= 4 is 6.29 Å². The Morgan fingerprint density at radius 3 is 2.67 bits per heavy atom. The second-order valence-corrected chi connectivity index (χ2v) is 1.93. The summed E-state index contributed by atoms with van der Waals surface area (Å²) in [6.07, 6.45) is 6.49. The van der Waals surface area contributed by atoms with Gasteiger partial charge in [0, 0.05) is 0 Å². The van der Waals surface area contributed by atoms with Gasteiger partial charge in [0.2, 0.25) is 0 Å². The molecule has 0 aliphatic rings. The Morgan fingerprint density at radius 1 is 1.56 bits per heavy atom. The minimum atomic E-state index is 0.803. The van der Waals surface area contributed by atoms with Crippen molar-refractivity contribution < 1.29 is 4.79 Å². The first-order valence-corrected chi connectivity index (χ1v) is 3.04. The molecule has 0 fully saturated rings. The summed E-state index contributed by atoms with van der Waals surface area (Å²) in [5.74, 6) is 0. The lowest BCUT2D eigenvalue weighted by atomic mass is 10.2. The predicted octanol–water partition coefficient (Wildman–Crippen LogP) is 2.10. The van der Waals surface area contributed by atoms with Crippen LogP contribution in [-0.2, 0) is 4.79 Å². The van der Waals surface area contributed by atoms with Gasteiger partial charge in [0.25, 0.3) is 0 Å². The van der Waals surface area contributed by atoms with Crippen LogP contribution in [-0.4, -0.2) is 6.29 Å². The fraction of sp³-hybridized carbons (Fsp3) is 0.375. The molecular formula is C8H12O. The average molecular weight is 124 g/mol. The lowest BCUT2D eigenvalue weighted by molar-refractivity contribution is -0.104. The van der Waals surface area contributed by atoms with Crippen molar-refractivity contribution in [1.29, 1.82) is 0 Å². The van der Waals surface area contributed by atoms with Crippen molar-refractivity contribution in [2.45, 2.75) is 19.8 Å². The van der Waals surface area contributed by atoms with Crippen LogP contribution >= 0.6 is 0 Å². The zero-order chi connectivity index (χ0) is 7.11. The lowest BCUT2D eigenvalue weighted by Gasteiger charge is -1.85. The number of hydrogen-bond donors (Lipinski definition) is 0. The largest absolute Gasteiger partial charge is 0.298 e. The van der Waals surface area contributed by atoms with Crippen LogP contribution in [0.5, 0.6) is 0 Å². The van der Waals surface area contributed by atoms with Gasteiger partial charge in [0.05, 0.1) is 0 Å². The van der Waals surface area contributed by atoms with Gasteiger partial charge >= 0.3 is 0 Å². The van der Waals surface area contributed by atoms with Crippen LogP contribution in [0.2, 0.25) is 0 Å². The molecule has 0 bridgehead atoms. The van der Waals surface area contributed by atoms with Gasteiger partial charge in [-0.25, -0.2) is 0 Å². The highest BCUT2D eigenvalue weighted by Gasteiger charge is 1.80. The number of allylic oxidation sites excluding steroid dienone is 3. The standard InChI is InChI=1S/C8H12O/c1-3-4-5-6-8(2)7-9/h3,6-7H,1,4-5H2,2H3. The normalized spacial score (nSPS) is 11.0. The van der Waals surface area contributed by atoms with Gasteiger partial charge in [-0.1, -0.05) is 12.2 Å². The summed E-state index contributed by atoms with van der Waals surface area (Å²) in [5.41, 5.74) is 0.803. The Hall–Kier alpha value is -0.850. The molecule has 0 atom stereocenters. The van der Waals surface area contributed by atoms with Crippen LogP contribution < -0.4 is 0 Å². The Balaban J connectivity index is 3.42. The number of unbranched alkanes of at least 4 members (excludes halogenated alkanes) is 1. The molecule has 0 aromatic rings. The van der Waals surface area contributed by atoms with E-state index >= 15 is 0 Å². The predicted molar refractivity (Wildman–Crippen MR) is 39.3 cm³/mol. The van der Waals surface area contributed by atoms with Gasteiger partial charge in [0.1, 0.15) is 6.29 Å². The van der Waals surface area contributed by atoms with Crippen molar-refractivity contribution in [3.63, 3.8) is 0 Å². The molecular weight excluding hydrogens is 112 g/mol. The number of hydrogen-bond acceptors (Lipinski definition) is 1. The molecule has 1 heteroatoms. The van der Waals surface area contributed by atoms with Gasteiger partial charge in [-0.05, 0) is 25.3 Å². The molecule has 0 aliphatic heterocycles. The fourth-order valence-corrected chi connectivity index (χ4v) is 0.477. The first-order valence-electron chi connectivity index (χ1n) is 3.04. The highest BCUT2D eigenvalue weighted by Crippen LogP contribution is 1.95. The first kappa shape index (κ1) is 8.15. The molecule has 0 aromatic carbocycles. The number of aldehydes is 1. The molecule has 0 unspecified atom stereocenters. The van der Waals surface area contributed by atoms with E-state index in [2.05, 4.69) is 6.58 Å². The third-order valence-electron chi connectivity index (χ3n) is 1.02. The van der Waals surface area contributed by atoms with Crippen molar-refractivity contribution in [1.82, 2.24) is 0 Å². The van der Waals surface area contributed by atoms with Crippen LogP contribution in [0, 0.1) is 0 Å². The van der Waals surface area contributed by atoms with E-state index in [1.165, 1.54) is 0 Å². The fourth-order valence-electron chi connectivity index (χ4n) is 0.477. The molecule has 0 aliphatic carbocycles. The SMILES string of the molecule is C=CCCC=C(C)C=O. The van der Waals surface area contributed by atoms with E-state index in [1.54, 1.807) is 6.92 Å². The molecule has 0 rings (SSSR count). The highest BCUT2D eigenvalue weighted by atomic mass is 16.1. The van der Waals surface area contributed by atoms with E-state index in [-0.39, 0.29) is 0 Å². The maximum Gasteiger partial charge on any atom is 0.145 e. The summed E-state index contributed by atoms with van der Waals surface area (Å²) >= 11 is 0. The second-order valence-electron chi connectivity index (χ2n) is 1.93. The summed E-state index contributed by atoms with van der Waals surface area (Å²) in [7, 11) is 0. The number of carbonyl (C=O) groups is 1. The average Bonchev–Trinajstić information content (AvgIpc) is 1.89. The molecule has 0 aromatic heterocycles. The van der Waals surface area contributed by atoms with E-state index in [1.807, 2.05) is 12.2 Å². The molecule has 0 radical (unpaired) electrons. The van der Waals surface area contributed by atoms with Gasteiger partial charge < -0.3 is 0 Å². The minimum Gasteiger partial charge on any atom is -0.298 e. The van der Waals surface area contributed by atoms with Gasteiger partial charge in [0.15, 0.2) is 0 Å². The number of carbonyl (C=O) groups excluding carboxylic acids is 1. The first-order chi connectivity index (χ1) is 4.31. The molecule has 0 amide bonds. The van der Waals surface area contributed by atoms with Crippen LogP contribution in [0.25, 0.3) is 0 Å². The van der Waals surface area contributed by atoms with Crippen LogP contribution in [0.1, 0.15) is 19.8 Å².